The fourth-order valence-corrected chi connectivity index (χ4v) is 2.75. The van der Waals surface area contributed by atoms with Crippen LogP contribution >= 0.6 is 11.3 Å². The van der Waals surface area contributed by atoms with E-state index in [1.54, 1.807) is 11.3 Å². The lowest BCUT2D eigenvalue weighted by Crippen LogP contribution is -2.15. The van der Waals surface area contributed by atoms with Gasteiger partial charge in [-0.15, -0.1) is 21.5 Å². The van der Waals surface area contributed by atoms with Crippen LogP contribution in [-0.2, 0) is 17.9 Å². The van der Waals surface area contributed by atoms with Crippen molar-refractivity contribution in [3.8, 4) is 11.5 Å². The molecule has 0 aliphatic heterocycles. The van der Waals surface area contributed by atoms with Crippen molar-refractivity contribution < 1.29 is 9.25 Å². The number of rotatable bonds is 6. The zero-order valence-corrected chi connectivity index (χ0v) is 14.2. The van der Waals surface area contributed by atoms with Crippen LogP contribution in [0.1, 0.15) is 22.2 Å². The van der Waals surface area contributed by atoms with E-state index in [-0.39, 0.29) is 6.61 Å². The van der Waals surface area contributed by atoms with E-state index in [4.69, 9.17) is 15.0 Å². The summed E-state index contributed by atoms with van der Waals surface area (Å²) >= 11 is 1.54. The summed E-state index contributed by atoms with van der Waals surface area (Å²) in [6, 6.07) is 7.83. The van der Waals surface area contributed by atoms with Crippen LogP contribution in [0.15, 0.2) is 39.2 Å². The van der Waals surface area contributed by atoms with Crippen LogP contribution in [0.3, 0.4) is 0 Å². The van der Waals surface area contributed by atoms with E-state index in [9.17, 15) is 0 Å². The third kappa shape index (κ3) is 4.17. The maximum Gasteiger partial charge on any atom is 0.257 e. The van der Waals surface area contributed by atoms with Crippen LogP contribution in [0, 0.1) is 13.8 Å². The smallest absolute Gasteiger partial charge is 0.257 e. The Morgan fingerprint density at radius 1 is 1.25 bits per heavy atom. The standard InChI is InChI=1S/C16H17N5O2S/c1-10-3-5-12(6-4-10)16-20-19-14(23-16)8-22-21-13(17)7-15-18-11(2)9-24-15/h3-6,9H,7-8H2,1-2H3,(H2,17,21). The highest BCUT2D eigenvalue weighted by atomic mass is 32.1. The van der Waals surface area contributed by atoms with Crippen LogP contribution in [0.5, 0.6) is 0 Å². The first-order chi connectivity index (χ1) is 11.6. The van der Waals surface area contributed by atoms with E-state index in [0.29, 0.717) is 24.0 Å². The SMILES string of the molecule is Cc1ccc(-c2nnc(CON=C(N)Cc3nc(C)cs3)o2)cc1. The summed E-state index contributed by atoms with van der Waals surface area (Å²) in [4.78, 5) is 9.49. The normalized spacial score (nSPS) is 11.7. The van der Waals surface area contributed by atoms with Gasteiger partial charge in [-0.05, 0) is 26.0 Å². The molecule has 0 radical (unpaired) electrons. The summed E-state index contributed by atoms with van der Waals surface area (Å²) in [6.07, 6.45) is 0.455. The van der Waals surface area contributed by atoms with E-state index < -0.39 is 0 Å². The number of thiazole rings is 1. The van der Waals surface area contributed by atoms with E-state index in [0.717, 1.165) is 16.3 Å². The summed E-state index contributed by atoms with van der Waals surface area (Å²) in [5.41, 5.74) is 8.82. The van der Waals surface area contributed by atoms with Crippen molar-refractivity contribution in [2.75, 3.05) is 0 Å². The van der Waals surface area contributed by atoms with Crippen molar-refractivity contribution >= 4 is 17.2 Å². The first-order valence-corrected chi connectivity index (χ1v) is 8.23. The fourth-order valence-electron chi connectivity index (χ4n) is 1.97. The van der Waals surface area contributed by atoms with Crippen molar-refractivity contribution in [2.24, 2.45) is 10.9 Å². The monoisotopic (exact) mass is 343 g/mol. The molecule has 1 aromatic carbocycles. The molecule has 0 amide bonds. The number of aromatic nitrogens is 3. The maximum absolute atomic E-state index is 5.81. The number of oxime groups is 1. The van der Waals surface area contributed by atoms with E-state index >= 15 is 0 Å². The molecular weight excluding hydrogens is 326 g/mol. The molecule has 0 bridgehead atoms. The molecule has 3 aromatic rings. The number of hydrogen-bond donors (Lipinski definition) is 1. The highest BCUT2D eigenvalue weighted by molar-refractivity contribution is 7.09. The summed E-state index contributed by atoms with van der Waals surface area (Å²) in [5, 5.41) is 14.7. The molecule has 0 aliphatic rings. The van der Waals surface area contributed by atoms with Crippen LogP contribution in [0.4, 0.5) is 0 Å². The number of nitrogens with two attached hydrogens (primary N) is 1. The molecule has 0 aliphatic carbocycles. The minimum absolute atomic E-state index is 0.0659. The van der Waals surface area contributed by atoms with Crippen LogP contribution in [0.2, 0.25) is 0 Å². The first-order valence-electron chi connectivity index (χ1n) is 7.35. The van der Waals surface area contributed by atoms with Gasteiger partial charge in [-0.1, -0.05) is 22.9 Å². The summed E-state index contributed by atoms with van der Waals surface area (Å²) in [5.74, 6) is 1.14. The predicted octanol–water partition coefficient (Wildman–Crippen LogP) is 2.84. The lowest BCUT2D eigenvalue weighted by Gasteiger charge is -1.98. The van der Waals surface area contributed by atoms with Gasteiger partial charge in [-0.3, -0.25) is 0 Å². The van der Waals surface area contributed by atoms with Gasteiger partial charge in [0, 0.05) is 16.6 Å². The van der Waals surface area contributed by atoms with Crippen molar-refractivity contribution in [1.29, 1.82) is 0 Å². The Kier molecular flexibility index (Phi) is 4.85. The molecule has 0 saturated carbocycles. The molecule has 8 heteroatoms. The molecule has 7 nitrogen and oxygen atoms in total. The van der Waals surface area contributed by atoms with Crippen LogP contribution < -0.4 is 5.73 Å². The summed E-state index contributed by atoms with van der Waals surface area (Å²) in [7, 11) is 0. The molecule has 0 unspecified atom stereocenters. The van der Waals surface area contributed by atoms with Gasteiger partial charge in [0.05, 0.1) is 6.42 Å². The van der Waals surface area contributed by atoms with Gasteiger partial charge >= 0.3 is 0 Å². The average molecular weight is 343 g/mol. The largest absolute Gasteiger partial charge is 0.417 e. The van der Waals surface area contributed by atoms with Gasteiger partial charge < -0.3 is 15.0 Å². The minimum Gasteiger partial charge on any atom is -0.417 e. The summed E-state index contributed by atoms with van der Waals surface area (Å²) in [6.45, 7) is 4.02. The van der Waals surface area contributed by atoms with Crippen molar-refractivity contribution in [3.05, 3.63) is 51.8 Å². The summed E-state index contributed by atoms with van der Waals surface area (Å²) < 4.78 is 5.55. The van der Waals surface area contributed by atoms with Crippen molar-refractivity contribution in [1.82, 2.24) is 15.2 Å². The minimum atomic E-state index is 0.0659. The number of aryl methyl sites for hydroxylation is 2. The Balaban J connectivity index is 1.55. The highest BCUT2D eigenvalue weighted by Crippen LogP contribution is 2.18. The Hall–Kier alpha value is -2.74. The van der Waals surface area contributed by atoms with E-state index in [1.807, 2.05) is 43.5 Å². The number of hydrogen-bond acceptors (Lipinski definition) is 7. The molecule has 2 aromatic heterocycles. The van der Waals surface area contributed by atoms with Gasteiger partial charge in [0.2, 0.25) is 5.89 Å². The quantitative estimate of drug-likeness (QED) is 0.420. The van der Waals surface area contributed by atoms with Crippen LogP contribution in [0.25, 0.3) is 11.5 Å². The Bertz CT molecular complexity index is 838. The molecule has 0 atom stereocenters. The van der Waals surface area contributed by atoms with Crippen molar-refractivity contribution in [2.45, 2.75) is 26.9 Å². The second kappa shape index (κ2) is 7.22. The zero-order valence-electron chi connectivity index (χ0n) is 13.4. The zero-order chi connectivity index (χ0) is 16.9. The van der Waals surface area contributed by atoms with Gasteiger partial charge in [-0.25, -0.2) is 4.98 Å². The number of benzene rings is 1. The molecular formula is C16H17N5O2S. The second-order valence-electron chi connectivity index (χ2n) is 5.28. The third-order valence-electron chi connectivity index (χ3n) is 3.13. The lowest BCUT2D eigenvalue weighted by molar-refractivity contribution is 0.110. The molecule has 2 heterocycles. The number of nitrogens with zero attached hydrogens (tertiary/aromatic N) is 4. The highest BCUT2D eigenvalue weighted by Gasteiger charge is 2.09. The Morgan fingerprint density at radius 2 is 2.04 bits per heavy atom. The van der Waals surface area contributed by atoms with Crippen LogP contribution in [-0.4, -0.2) is 21.0 Å². The number of amidine groups is 1. The lowest BCUT2D eigenvalue weighted by atomic mass is 10.1. The Labute approximate surface area is 143 Å². The molecule has 24 heavy (non-hydrogen) atoms. The van der Waals surface area contributed by atoms with Gasteiger partial charge in [-0.2, -0.15) is 0 Å². The fraction of sp³-hybridized carbons (Fsp3) is 0.250. The van der Waals surface area contributed by atoms with E-state index in [1.165, 1.54) is 5.56 Å². The molecule has 0 fully saturated rings. The molecule has 124 valence electrons. The maximum atomic E-state index is 5.81. The third-order valence-corrected chi connectivity index (χ3v) is 4.10. The van der Waals surface area contributed by atoms with E-state index in [2.05, 4.69) is 20.3 Å². The second-order valence-corrected chi connectivity index (χ2v) is 6.23. The molecule has 3 rings (SSSR count). The van der Waals surface area contributed by atoms with Gasteiger partial charge in [0.15, 0.2) is 6.61 Å². The topological polar surface area (TPSA) is 99.4 Å². The van der Waals surface area contributed by atoms with Gasteiger partial charge in [0.1, 0.15) is 10.8 Å². The first kappa shape index (κ1) is 16.1. The molecule has 0 spiro atoms. The van der Waals surface area contributed by atoms with Gasteiger partial charge in [0.25, 0.3) is 5.89 Å². The van der Waals surface area contributed by atoms with Crippen molar-refractivity contribution in [3.63, 3.8) is 0 Å². The molecule has 0 saturated heterocycles. The Morgan fingerprint density at radius 3 is 2.75 bits per heavy atom. The predicted molar refractivity (Wildman–Crippen MR) is 91.4 cm³/mol. The average Bonchev–Trinajstić information content (AvgIpc) is 3.17. The molecule has 2 N–H and O–H groups in total.